The molecule has 4 heteroatoms. The zero-order chi connectivity index (χ0) is 10.2. The summed E-state index contributed by atoms with van der Waals surface area (Å²) in [5, 5.41) is 8.41. The van der Waals surface area contributed by atoms with E-state index in [1.165, 1.54) is 5.56 Å². The van der Waals surface area contributed by atoms with Crippen LogP contribution in [0.1, 0.15) is 12.0 Å². The Balaban J connectivity index is 2.08. The molecule has 0 saturated carbocycles. The molecule has 1 N–H and O–H groups in total. The van der Waals surface area contributed by atoms with Crippen LogP contribution in [0.5, 0.6) is 0 Å². The van der Waals surface area contributed by atoms with Gasteiger partial charge < -0.3 is 5.11 Å². The summed E-state index contributed by atoms with van der Waals surface area (Å²) in [7, 11) is 0. The number of hydrogen-bond donors (Lipinski definition) is 1. The lowest BCUT2D eigenvalue weighted by Gasteiger charge is -1.99. The van der Waals surface area contributed by atoms with E-state index in [0.29, 0.717) is 5.75 Å². The van der Waals surface area contributed by atoms with E-state index >= 15 is 0 Å². The Labute approximate surface area is 87.6 Å². The van der Waals surface area contributed by atoms with Crippen LogP contribution in [0.3, 0.4) is 0 Å². The predicted molar refractivity (Wildman–Crippen MR) is 57.5 cm³/mol. The van der Waals surface area contributed by atoms with E-state index in [-0.39, 0.29) is 6.42 Å². The SMILES string of the molecule is O=C(O)CCSCCc1cccnc1. The third kappa shape index (κ3) is 4.87. The maximum atomic E-state index is 10.2. The van der Waals surface area contributed by atoms with Gasteiger partial charge in [0.15, 0.2) is 0 Å². The minimum absolute atomic E-state index is 0.248. The predicted octanol–water partition coefficient (Wildman–Crippen LogP) is 1.83. The standard InChI is InChI=1S/C10H13NO2S/c12-10(13)4-7-14-6-3-9-2-1-5-11-8-9/h1-2,5,8H,3-4,6-7H2,(H,12,13). The van der Waals surface area contributed by atoms with Crippen LogP contribution in [-0.2, 0) is 11.2 Å². The number of rotatable bonds is 6. The highest BCUT2D eigenvalue weighted by atomic mass is 32.2. The third-order valence-corrected chi connectivity index (χ3v) is 2.70. The highest BCUT2D eigenvalue weighted by Gasteiger charge is 1.97. The minimum atomic E-state index is -0.723. The number of thioether (sulfide) groups is 1. The number of aryl methyl sites for hydroxylation is 1. The summed E-state index contributed by atoms with van der Waals surface area (Å²) in [5.41, 5.74) is 1.20. The van der Waals surface area contributed by atoms with Gasteiger partial charge in [0.2, 0.25) is 0 Å². The van der Waals surface area contributed by atoms with Gasteiger partial charge in [0.1, 0.15) is 0 Å². The van der Waals surface area contributed by atoms with Crippen LogP contribution < -0.4 is 0 Å². The van der Waals surface area contributed by atoms with E-state index < -0.39 is 5.97 Å². The third-order valence-electron chi connectivity index (χ3n) is 1.72. The molecule has 0 unspecified atom stereocenters. The van der Waals surface area contributed by atoms with E-state index in [2.05, 4.69) is 4.98 Å². The Morgan fingerprint density at radius 1 is 1.50 bits per heavy atom. The zero-order valence-corrected chi connectivity index (χ0v) is 8.67. The molecule has 0 aliphatic heterocycles. The van der Waals surface area contributed by atoms with Crippen molar-refractivity contribution in [2.45, 2.75) is 12.8 Å². The van der Waals surface area contributed by atoms with Gasteiger partial charge in [0.25, 0.3) is 0 Å². The molecule has 0 atom stereocenters. The van der Waals surface area contributed by atoms with Crippen LogP contribution in [0.2, 0.25) is 0 Å². The van der Waals surface area contributed by atoms with Gasteiger partial charge in [0.05, 0.1) is 6.42 Å². The molecule has 0 amide bonds. The maximum absolute atomic E-state index is 10.2. The molecule has 0 aliphatic carbocycles. The Bertz CT molecular complexity index is 277. The highest BCUT2D eigenvalue weighted by molar-refractivity contribution is 7.99. The van der Waals surface area contributed by atoms with Crippen LogP contribution >= 0.6 is 11.8 Å². The van der Waals surface area contributed by atoms with Crippen molar-refractivity contribution in [3.05, 3.63) is 30.1 Å². The van der Waals surface area contributed by atoms with Crippen LogP contribution in [0, 0.1) is 0 Å². The lowest BCUT2D eigenvalue weighted by molar-refractivity contribution is -0.136. The van der Waals surface area contributed by atoms with Crippen molar-refractivity contribution in [1.29, 1.82) is 0 Å². The molecule has 3 nitrogen and oxygen atoms in total. The molecule has 0 aliphatic rings. The number of carboxylic acids is 1. The molecule has 1 rings (SSSR count). The van der Waals surface area contributed by atoms with Crippen LogP contribution in [0.4, 0.5) is 0 Å². The van der Waals surface area contributed by atoms with Crippen LogP contribution in [0.25, 0.3) is 0 Å². The summed E-state index contributed by atoms with van der Waals surface area (Å²) in [6.45, 7) is 0. The van der Waals surface area contributed by atoms with Crippen molar-refractivity contribution >= 4 is 17.7 Å². The van der Waals surface area contributed by atoms with Crippen LogP contribution in [-0.4, -0.2) is 27.6 Å². The normalized spacial score (nSPS) is 10.0. The summed E-state index contributed by atoms with van der Waals surface area (Å²) in [4.78, 5) is 14.2. The van der Waals surface area contributed by atoms with Gasteiger partial charge in [-0.2, -0.15) is 11.8 Å². The molecule has 0 aromatic carbocycles. The van der Waals surface area contributed by atoms with Gasteiger partial charge in [-0.1, -0.05) is 6.07 Å². The Morgan fingerprint density at radius 2 is 2.36 bits per heavy atom. The highest BCUT2D eigenvalue weighted by Crippen LogP contribution is 2.06. The van der Waals surface area contributed by atoms with E-state index in [4.69, 9.17) is 5.11 Å². The van der Waals surface area contributed by atoms with E-state index in [0.717, 1.165) is 12.2 Å². The van der Waals surface area contributed by atoms with Gasteiger partial charge >= 0.3 is 5.97 Å². The van der Waals surface area contributed by atoms with Crippen molar-refractivity contribution in [3.8, 4) is 0 Å². The summed E-state index contributed by atoms with van der Waals surface area (Å²) < 4.78 is 0. The molecule has 1 aromatic heterocycles. The Morgan fingerprint density at radius 3 is 3.00 bits per heavy atom. The summed E-state index contributed by atoms with van der Waals surface area (Å²) in [6.07, 6.45) is 4.80. The number of nitrogens with zero attached hydrogens (tertiary/aromatic N) is 1. The Kier molecular flexibility index (Phi) is 5.07. The van der Waals surface area contributed by atoms with Gasteiger partial charge in [0, 0.05) is 18.1 Å². The van der Waals surface area contributed by atoms with Crippen molar-refractivity contribution in [3.63, 3.8) is 0 Å². The maximum Gasteiger partial charge on any atom is 0.304 e. The fourth-order valence-corrected chi connectivity index (χ4v) is 1.90. The molecule has 0 radical (unpaired) electrons. The summed E-state index contributed by atoms with van der Waals surface area (Å²) in [5.74, 6) is 0.924. The molecule has 14 heavy (non-hydrogen) atoms. The number of aliphatic carboxylic acids is 1. The molecule has 76 valence electrons. The van der Waals surface area contributed by atoms with Gasteiger partial charge in [-0.15, -0.1) is 0 Å². The average Bonchev–Trinajstić information content (AvgIpc) is 2.18. The quantitative estimate of drug-likeness (QED) is 0.729. The fraction of sp³-hybridized carbons (Fsp3) is 0.400. The van der Waals surface area contributed by atoms with Gasteiger partial charge in [-0.25, -0.2) is 0 Å². The smallest absolute Gasteiger partial charge is 0.304 e. The Hall–Kier alpha value is -1.03. The van der Waals surface area contributed by atoms with Gasteiger partial charge in [-0.3, -0.25) is 9.78 Å². The molecule has 1 heterocycles. The van der Waals surface area contributed by atoms with Crippen molar-refractivity contribution in [1.82, 2.24) is 4.98 Å². The molecule has 0 spiro atoms. The number of carbonyl (C=O) groups is 1. The first-order chi connectivity index (χ1) is 6.79. The second-order valence-corrected chi connectivity index (χ2v) is 4.09. The average molecular weight is 211 g/mol. The first-order valence-electron chi connectivity index (χ1n) is 4.47. The zero-order valence-electron chi connectivity index (χ0n) is 7.85. The number of carboxylic acid groups (broad SMARTS) is 1. The number of hydrogen-bond acceptors (Lipinski definition) is 3. The lowest BCUT2D eigenvalue weighted by atomic mass is 10.2. The minimum Gasteiger partial charge on any atom is -0.481 e. The topological polar surface area (TPSA) is 50.2 Å². The number of aromatic nitrogens is 1. The second-order valence-electron chi connectivity index (χ2n) is 2.87. The number of pyridine rings is 1. The molecular weight excluding hydrogens is 198 g/mol. The van der Waals surface area contributed by atoms with Crippen molar-refractivity contribution in [2.75, 3.05) is 11.5 Å². The van der Waals surface area contributed by atoms with Gasteiger partial charge in [-0.05, 0) is 23.8 Å². The summed E-state index contributed by atoms with van der Waals surface area (Å²) >= 11 is 1.67. The van der Waals surface area contributed by atoms with Crippen molar-refractivity contribution in [2.24, 2.45) is 0 Å². The molecule has 1 aromatic rings. The van der Waals surface area contributed by atoms with Crippen molar-refractivity contribution < 1.29 is 9.90 Å². The second kappa shape index (κ2) is 6.43. The molecular formula is C10H13NO2S. The first kappa shape index (κ1) is 11.0. The lowest BCUT2D eigenvalue weighted by Crippen LogP contribution is -1.97. The first-order valence-corrected chi connectivity index (χ1v) is 5.63. The summed E-state index contributed by atoms with van der Waals surface area (Å²) in [6, 6.07) is 3.95. The fourth-order valence-electron chi connectivity index (χ4n) is 0.998. The monoisotopic (exact) mass is 211 g/mol. The van der Waals surface area contributed by atoms with E-state index in [9.17, 15) is 4.79 Å². The largest absolute Gasteiger partial charge is 0.481 e. The van der Waals surface area contributed by atoms with E-state index in [1.807, 2.05) is 18.3 Å². The molecule has 0 bridgehead atoms. The van der Waals surface area contributed by atoms with Crippen LogP contribution in [0.15, 0.2) is 24.5 Å². The van der Waals surface area contributed by atoms with E-state index in [1.54, 1.807) is 18.0 Å². The molecule has 0 saturated heterocycles. The molecule has 0 fully saturated rings.